The van der Waals surface area contributed by atoms with Crippen LogP contribution in [0.25, 0.3) is 0 Å². The van der Waals surface area contributed by atoms with Gasteiger partial charge in [-0.15, -0.1) is 0 Å². The van der Waals surface area contributed by atoms with Crippen molar-refractivity contribution in [2.75, 3.05) is 24.6 Å². The second-order valence-electron chi connectivity index (χ2n) is 20.8. The summed E-state index contributed by atoms with van der Waals surface area (Å²) in [4.78, 5) is 0. The molecule has 0 aromatic carbocycles. The summed E-state index contributed by atoms with van der Waals surface area (Å²) in [7, 11) is -1.17. The molecule has 358 valence electrons. The first-order chi connectivity index (χ1) is 29.2. The standard InChI is InChI=1S/C58H121P/c1-5-9-13-17-20-23-26-29-32-35-38-41-44-48-52-56-59(55-51-47-16-12-8-4,57-53-49-45-42-39-36-33-30-27-24-21-18-14-10-6-2)58-54-50-46-43-40-37-34-31-28-25-22-19-15-11-7-3/h59H,5-58H2,1-4H3. The van der Waals surface area contributed by atoms with Crippen molar-refractivity contribution < 1.29 is 0 Å². The Morgan fingerprint density at radius 3 is 0.356 bits per heavy atom. The second kappa shape index (κ2) is 52.8. The van der Waals surface area contributed by atoms with Crippen molar-refractivity contribution in [1.29, 1.82) is 0 Å². The number of rotatable bonds is 54. The van der Waals surface area contributed by atoms with E-state index in [2.05, 4.69) is 27.7 Å². The fourth-order valence-electron chi connectivity index (χ4n) is 10.5. The van der Waals surface area contributed by atoms with Gasteiger partial charge in [-0.3, -0.25) is 0 Å². The molecule has 1 heteroatoms. The summed E-state index contributed by atoms with van der Waals surface area (Å²) in [5, 5.41) is 0. The van der Waals surface area contributed by atoms with E-state index in [9.17, 15) is 0 Å². The van der Waals surface area contributed by atoms with E-state index in [0.717, 1.165) is 0 Å². The molecule has 0 amide bonds. The molecule has 0 aromatic rings. The monoisotopic (exact) mass is 849 g/mol. The van der Waals surface area contributed by atoms with Crippen molar-refractivity contribution in [1.82, 2.24) is 0 Å². The van der Waals surface area contributed by atoms with Gasteiger partial charge < -0.3 is 0 Å². The van der Waals surface area contributed by atoms with Gasteiger partial charge in [0, 0.05) is 0 Å². The first-order valence-corrected chi connectivity index (χ1v) is 32.1. The van der Waals surface area contributed by atoms with Gasteiger partial charge in [0.15, 0.2) is 0 Å². The minimum Gasteiger partial charge on any atom is -0.0654 e. The van der Waals surface area contributed by atoms with Crippen molar-refractivity contribution in [3.8, 4) is 0 Å². The second-order valence-corrected chi connectivity index (χ2v) is 25.8. The van der Waals surface area contributed by atoms with Gasteiger partial charge in [-0.2, -0.15) is 0 Å². The smallest absolute Gasteiger partial charge is 0.0654 e. The molecule has 0 saturated carbocycles. The number of hydrogen-bond donors (Lipinski definition) is 0. The van der Waals surface area contributed by atoms with Crippen LogP contribution in [0.3, 0.4) is 0 Å². The van der Waals surface area contributed by atoms with Crippen molar-refractivity contribution in [3.05, 3.63) is 0 Å². The zero-order valence-corrected chi connectivity index (χ0v) is 43.7. The molecule has 0 aliphatic carbocycles. The third-order valence-electron chi connectivity index (χ3n) is 14.7. The van der Waals surface area contributed by atoms with Crippen LogP contribution in [-0.2, 0) is 0 Å². The normalized spacial score (nSPS) is 12.3. The van der Waals surface area contributed by atoms with E-state index in [1.165, 1.54) is 276 Å². The molecule has 0 atom stereocenters. The molecular formula is C58H121P. The minimum absolute atomic E-state index is 1.17. The molecule has 0 aliphatic heterocycles. The molecule has 0 aliphatic rings. The van der Waals surface area contributed by atoms with E-state index in [0.29, 0.717) is 0 Å². The summed E-state index contributed by atoms with van der Waals surface area (Å²) >= 11 is 0. The van der Waals surface area contributed by atoms with Crippen LogP contribution in [0.4, 0.5) is 0 Å². The van der Waals surface area contributed by atoms with Crippen LogP contribution < -0.4 is 0 Å². The predicted molar refractivity (Wildman–Crippen MR) is 281 cm³/mol. The summed E-state index contributed by atoms with van der Waals surface area (Å²) in [5.41, 5.74) is 0. The number of unbranched alkanes of at least 4 members (excludes halogenated alkanes) is 46. The average Bonchev–Trinajstić information content (AvgIpc) is 3.24. The van der Waals surface area contributed by atoms with E-state index >= 15 is 0 Å². The van der Waals surface area contributed by atoms with Crippen LogP contribution in [-0.4, -0.2) is 24.6 Å². The van der Waals surface area contributed by atoms with Crippen LogP contribution in [0.2, 0.25) is 0 Å². The van der Waals surface area contributed by atoms with Crippen molar-refractivity contribution in [2.24, 2.45) is 0 Å². The van der Waals surface area contributed by atoms with Crippen LogP contribution in [0, 0.1) is 0 Å². The Balaban J connectivity index is 4.65. The quantitative estimate of drug-likeness (QED) is 0.0423. The van der Waals surface area contributed by atoms with Gasteiger partial charge in [0.05, 0.1) is 0 Å². The zero-order valence-electron chi connectivity index (χ0n) is 42.7. The van der Waals surface area contributed by atoms with Gasteiger partial charge in [0.1, 0.15) is 0 Å². The molecule has 0 bridgehead atoms. The molecule has 59 heavy (non-hydrogen) atoms. The molecule has 0 radical (unpaired) electrons. The van der Waals surface area contributed by atoms with E-state index in [1.54, 1.807) is 69.6 Å². The van der Waals surface area contributed by atoms with E-state index < -0.39 is 7.26 Å². The summed E-state index contributed by atoms with van der Waals surface area (Å²) in [6.45, 7) is 9.38. The SMILES string of the molecule is CCCCCCCCCCCCCCCCC[PH](CCCCCCC)(CCCCCCCCCCCCCCCCC)CCCCCCCCCCCCCCCCC. The maximum atomic E-state index is 2.39. The van der Waals surface area contributed by atoms with Crippen molar-refractivity contribution in [2.45, 2.75) is 349 Å². The van der Waals surface area contributed by atoms with Crippen LogP contribution in [0.15, 0.2) is 0 Å². The first-order valence-electron chi connectivity index (χ1n) is 29.2. The summed E-state index contributed by atoms with van der Waals surface area (Å²) in [6, 6.07) is 0. The van der Waals surface area contributed by atoms with Gasteiger partial charge in [0.2, 0.25) is 0 Å². The minimum atomic E-state index is -1.17. The molecule has 0 N–H and O–H groups in total. The van der Waals surface area contributed by atoms with Crippen molar-refractivity contribution in [3.63, 3.8) is 0 Å². The summed E-state index contributed by atoms with van der Waals surface area (Å²) in [5.74, 6) is 0. The molecule has 0 fully saturated rings. The Morgan fingerprint density at radius 1 is 0.136 bits per heavy atom. The van der Waals surface area contributed by atoms with Crippen LogP contribution in [0.1, 0.15) is 349 Å². The van der Waals surface area contributed by atoms with Gasteiger partial charge in [-0.05, 0) is 0 Å². The van der Waals surface area contributed by atoms with E-state index in [1.807, 2.05) is 0 Å². The Morgan fingerprint density at radius 2 is 0.237 bits per heavy atom. The predicted octanol–water partition coefficient (Wildman–Crippen LogP) is 22.3. The van der Waals surface area contributed by atoms with Gasteiger partial charge in [-0.1, -0.05) is 97.8 Å². The molecule has 0 unspecified atom stereocenters. The first kappa shape index (κ1) is 59.4. The molecule has 0 spiro atoms. The molecule has 0 rings (SSSR count). The Labute approximate surface area is 379 Å². The average molecular weight is 850 g/mol. The van der Waals surface area contributed by atoms with E-state index in [-0.39, 0.29) is 0 Å². The molecule has 0 saturated heterocycles. The fourth-order valence-corrected chi connectivity index (χ4v) is 16.0. The van der Waals surface area contributed by atoms with Crippen LogP contribution in [0.5, 0.6) is 0 Å². The van der Waals surface area contributed by atoms with Gasteiger partial charge >= 0.3 is 283 Å². The third-order valence-corrected chi connectivity index (χ3v) is 20.4. The molecular weight excluding hydrogens is 728 g/mol. The molecule has 0 nitrogen and oxygen atoms in total. The van der Waals surface area contributed by atoms with Crippen LogP contribution >= 0.6 is 7.26 Å². The summed E-state index contributed by atoms with van der Waals surface area (Å²) in [6.07, 6.45) is 81.5. The maximum absolute atomic E-state index is 2.39. The van der Waals surface area contributed by atoms with Crippen molar-refractivity contribution >= 4 is 7.26 Å². The number of hydrogen-bond acceptors (Lipinski definition) is 0. The van der Waals surface area contributed by atoms with Gasteiger partial charge in [0.25, 0.3) is 0 Å². The Kier molecular flexibility index (Phi) is 53.2. The fraction of sp³-hybridized carbons (Fsp3) is 1.00. The zero-order chi connectivity index (χ0) is 42.7. The van der Waals surface area contributed by atoms with Gasteiger partial charge in [-0.25, -0.2) is 0 Å². The topological polar surface area (TPSA) is 0 Å². The Hall–Kier alpha value is 0.430. The molecule has 0 aromatic heterocycles. The third kappa shape index (κ3) is 47.7. The van der Waals surface area contributed by atoms with E-state index in [4.69, 9.17) is 0 Å². The summed E-state index contributed by atoms with van der Waals surface area (Å²) < 4.78 is 0. The molecule has 0 heterocycles. The Bertz CT molecular complexity index is 631.